The van der Waals surface area contributed by atoms with E-state index in [1.54, 1.807) is 0 Å². The van der Waals surface area contributed by atoms with E-state index in [0.717, 1.165) is 38.7 Å². The summed E-state index contributed by atoms with van der Waals surface area (Å²) in [5, 5.41) is 12.2. The molecule has 3 atom stereocenters. The average molecular weight is 243 g/mol. The van der Waals surface area contributed by atoms with Crippen molar-refractivity contribution in [1.29, 1.82) is 0 Å². The highest BCUT2D eigenvalue weighted by Crippen LogP contribution is 2.16. The van der Waals surface area contributed by atoms with Gasteiger partial charge in [0.2, 0.25) is 5.91 Å². The van der Waals surface area contributed by atoms with Crippen LogP contribution >= 0.6 is 0 Å². The number of nitrogens with one attached hydrogen (secondary N) is 1. The smallest absolute Gasteiger partial charge is 0.223 e. The fourth-order valence-corrected chi connectivity index (χ4v) is 2.14. The molecule has 0 aromatic carbocycles. The first-order chi connectivity index (χ1) is 8.19. The Balaban J connectivity index is 2.35. The van der Waals surface area contributed by atoms with E-state index in [1.807, 2.05) is 6.92 Å². The Bertz CT molecular complexity index is 227. The number of carbonyl (C=O) groups is 1. The highest BCUT2D eigenvalue weighted by molar-refractivity contribution is 5.78. The number of carbonyl (C=O) groups excluding carboxylic acids is 1. The Morgan fingerprint density at radius 2 is 2.35 bits per heavy atom. The number of aliphatic hydroxyl groups excluding tert-OH is 1. The molecule has 0 spiro atoms. The Labute approximate surface area is 104 Å². The van der Waals surface area contributed by atoms with Gasteiger partial charge in [-0.3, -0.25) is 4.79 Å². The van der Waals surface area contributed by atoms with Gasteiger partial charge < -0.3 is 15.2 Å². The maximum atomic E-state index is 11.9. The summed E-state index contributed by atoms with van der Waals surface area (Å²) < 4.78 is 5.49. The zero-order valence-corrected chi connectivity index (χ0v) is 10.9. The quantitative estimate of drug-likeness (QED) is 0.712. The van der Waals surface area contributed by atoms with Crippen LogP contribution in [0.2, 0.25) is 0 Å². The van der Waals surface area contributed by atoms with E-state index in [4.69, 9.17) is 4.74 Å². The third kappa shape index (κ3) is 4.64. The van der Waals surface area contributed by atoms with Crippen LogP contribution < -0.4 is 5.32 Å². The van der Waals surface area contributed by atoms with E-state index in [9.17, 15) is 9.90 Å². The number of aliphatic hydroxyl groups is 1. The standard InChI is InChI=1S/C13H25NO3/c1-3-4-6-10(2)13(16)14-11(9-15)12-7-5-8-17-12/h10-12,15H,3-9H2,1-2H3,(H,14,16)/t10-,11+,12+/m0/s1. The van der Waals surface area contributed by atoms with Gasteiger partial charge >= 0.3 is 0 Å². The molecule has 0 aliphatic carbocycles. The monoisotopic (exact) mass is 243 g/mol. The molecule has 1 aliphatic heterocycles. The number of hydrogen-bond acceptors (Lipinski definition) is 3. The molecular weight excluding hydrogens is 218 g/mol. The molecule has 0 bridgehead atoms. The second kappa shape index (κ2) is 7.67. The van der Waals surface area contributed by atoms with Crippen molar-refractivity contribution in [2.45, 2.75) is 58.1 Å². The predicted molar refractivity (Wildman–Crippen MR) is 66.7 cm³/mol. The zero-order chi connectivity index (χ0) is 12.7. The summed E-state index contributed by atoms with van der Waals surface area (Å²) >= 11 is 0. The van der Waals surface area contributed by atoms with Crippen molar-refractivity contribution in [3.63, 3.8) is 0 Å². The van der Waals surface area contributed by atoms with Crippen molar-refractivity contribution in [2.24, 2.45) is 5.92 Å². The molecule has 4 heteroatoms. The summed E-state index contributed by atoms with van der Waals surface area (Å²) in [6.07, 6.45) is 5.01. The fraction of sp³-hybridized carbons (Fsp3) is 0.923. The second-order valence-corrected chi connectivity index (χ2v) is 4.89. The van der Waals surface area contributed by atoms with E-state index in [0.29, 0.717) is 0 Å². The fourth-order valence-electron chi connectivity index (χ4n) is 2.14. The molecule has 1 amide bonds. The van der Waals surface area contributed by atoms with Crippen molar-refractivity contribution >= 4 is 5.91 Å². The summed E-state index contributed by atoms with van der Waals surface area (Å²) in [6.45, 7) is 4.75. The van der Waals surface area contributed by atoms with Gasteiger partial charge in [-0.25, -0.2) is 0 Å². The van der Waals surface area contributed by atoms with Crippen molar-refractivity contribution in [3.8, 4) is 0 Å². The summed E-state index contributed by atoms with van der Waals surface area (Å²) in [5.74, 6) is 0.0541. The van der Waals surface area contributed by atoms with Crippen LogP contribution in [-0.4, -0.2) is 36.4 Å². The van der Waals surface area contributed by atoms with Crippen LogP contribution in [0, 0.1) is 5.92 Å². The first kappa shape index (κ1) is 14.5. The largest absolute Gasteiger partial charge is 0.394 e. The maximum absolute atomic E-state index is 11.9. The average Bonchev–Trinajstić information content (AvgIpc) is 2.86. The van der Waals surface area contributed by atoms with Crippen LogP contribution in [0.1, 0.15) is 46.0 Å². The van der Waals surface area contributed by atoms with E-state index < -0.39 is 0 Å². The first-order valence-electron chi connectivity index (χ1n) is 6.71. The molecule has 2 N–H and O–H groups in total. The van der Waals surface area contributed by atoms with E-state index in [2.05, 4.69) is 12.2 Å². The zero-order valence-electron chi connectivity index (χ0n) is 10.9. The molecule has 1 heterocycles. The normalized spacial score (nSPS) is 23.4. The van der Waals surface area contributed by atoms with Gasteiger partial charge in [0.1, 0.15) is 0 Å². The van der Waals surface area contributed by atoms with Crippen molar-refractivity contribution < 1.29 is 14.6 Å². The topological polar surface area (TPSA) is 58.6 Å². The molecule has 1 aliphatic rings. The van der Waals surface area contributed by atoms with E-state index in [1.165, 1.54) is 0 Å². The number of hydrogen-bond donors (Lipinski definition) is 2. The molecule has 1 fully saturated rings. The third-order valence-corrected chi connectivity index (χ3v) is 3.38. The Morgan fingerprint density at radius 1 is 1.59 bits per heavy atom. The van der Waals surface area contributed by atoms with Crippen LogP contribution in [-0.2, 0) is 9.53 Å². The molecule has 0 aromatic rings. The Hall–Kier alpha value is -0.610. The van der Waals surface area contributed by atoms with Crippen LogP contribution in [0.5, 0.6) is 0 Å². The Morgan fingerprint density at radius 3 is 2.88 bits per heavy atom. The highest BCUT2D eigenvalue weighted by atomic mass is 16.5. The molecule has 1 saturated heterocycles. The number of unbranched alkanes of at least 4 members (excludes halogenated alkanes) is 1. The molecule has 0 radical (unpaired) electrons. The predicted octanol–water partition coefficient (Wildman–Crippen LogP) is 1.47. The van der Waals surface area contributed by atoms with Gasteiger partial charge in [-0.2, -0.15) is 0 Å². The van der Waals surface area contributed by atoms with Crippen LogP contribution in [0.15, 0.2) is 0 Å². The summed E-state index contributed by atoms with van der Waals surface area (Å²) in [5.41, 5.74) is 0. The minimum Gasteiger partial charge on any atom is -0.394 e. The van der Waals surface area contributed by atoms with Gasteiger partial charge in [-0.15, -0.1) is 0 Å². The van der Waals surface area contributed by atoms with Crippen molar-refractivity contribution in [1.82, 2.24) is 5.32 Å². The lowest BCUT2D eigenvalue weighted by molar-refractivity contribution is -0.126. The van der Waals surface area contributed by atoms with Gasteiger partial charge in [-0.1, -0.05) is 26.7 Å². The van der Waals surface area contributed by atoms with Gasteiger partial charge in [-0.05, 0) is 19.3 Å². The van der Waals surface area contributed by atoms with Crippen molar-refractivity contribution in [2.75, 3.05) is 13.2 Å². The Kier molecular flexibility index (Phi) is 6.52. The SMILES string of the molecule is CCCC[C@H](C)C(=O)N[C@H](CO)[C@H]1CCCO1. The van der Waals surface area contributed by atoms with Gasteiger partial charge in [0.15, 0.2) is 0 Å². The van der Waals surface area contributed by atoms with Crippen LogP contribution in [0.25, 0.3) is 0 Å². The molecule has 4 nitrogen and oxygen atoms in total. The summed E-state index contributed by atoms with van der Waals surface area (Å²) in [6, 6.07) is -0.242. The first-order valence-corrected chi connectivity index (χ1v) is 6.71. The third-order valence-electron chi connectivity index (χ3n) is 3.38. The highest BCUT2D eigenvalue weighted by Gasteiger charge is 2.27. The van der Waals surface area contributed by atoms with Gasteiger partial charge in [0.25, 0.3) is 0 Å². The molecule has 0 saturated carbocycles. The second-order valence-electron chi connectivity index (χ2n) is 4.89. The van der Waals surface area contributed by atoms with E-state index >= 15 is 0 Å². The molecule has 1 rings (SSSR count). The molecular formula is C13H25NO3. The number of rotatable bonds is 7. The van der Waals surface area contributed by atoms with Crippen molar-refractivity contribution in [3.05, 3.63) is 0 Å². The minimum atomic E-state index is -0.242. The lowest BCUT2D eigenvalue weighted by atomic mass is 10.0. The van der Waals surface area contributed by atoms with Crippen LogP contribution in [0.4, 0.5) is 0 Å². The summed E-state index contributed by atoms with van der Waals surface area (Å²) in [7, 11) is 0. The lowest BCUT2D eigenvalue weighted by Crippen LogP contribution is -2.47. The van der Waals surface area contributed by atoms with Crippen LogP contribution in [0.3, 0.4) is 0 Å². The minimum absolute atomic E-state index is 0.0117. The number of ether oxygens (including phenoxy) is 1. The lowest BCUT2D eigenvalue weighted by Gasteiger charge is -2.23. The summed E-state index contributed by atoms with van der Waals surface area (Å²) in [4.78, 5) is 11.9. The number of amides is 1. The molecule has 0 unspecified atom stereocenters. The molecule has 0 aromatic heterocycles. The van der Waals surface area contributed by atoms with E-state index in [-0.39, 0.29) is 30.6 Å². The molecule has 17 heavy (non-hydrogen) atoms. The van der Waals surface area contributed by atoms with Gasteiger partial charge in [0, 0.05) is 12.5 Å². The van der Waals surface area contributed by atoms with Gasteiger partial charge in [0.05, 0.1) is 18.8 Å². The molecule has 100 valence electrons. The maximum Gasteiger partial charge on any atom is 0.223 e.